The number of hydrogen-bond donors (Lipinski definition) is 1. The Balaban J connectivity index is 1.46. The van der Waals surface area contributed by atoms with Crippen LogP contribution in [0.15, 0.2) is 71.5 Å². The van der Waals surface area contributed by atoms with E-state index in [1.165, 1.54) is 30.5 Å². The Hall–Kier alpha value is -4.34. The number of carbonyl (C=O) groups is 2. The Morgan fingerprint density at radius 1 is 1.06 bits per heavy atom. The average Bonchev–Trinajstić information content (AvgIpc) is 3.46. The molecular formula is C26H22F3N3O4. The van der Waals surface area contributed by atoms with Crippen molar-refractivity contribution >= 4 is 23.3 Å². The van der Waals surface area contributed by atoms with Crippen molar-refractivity contribution in [1.29, 1.82) is 0 Å². The number of ether oxygens (including phenoxy) is 1. The Morgan fingerprint density at radius 3 is 2.58 bits per heavy atom. The summed E-state index contributed by atoms with van der Waals surface area (Å²) < 4.78 is 51.6. The number of nitrogens with one attached hydrogen (secondary N) is 1. The monoisotopic (exact) mass is 497 g/mol. The van der Waals surface area contributed by atoms with Crippen LogP contribution in [0.1, 0.15) is 43.4 Å². The van der Waals surface area contributed by atoms with E-state index in [1.54, 1.807) is 25.3 Å². The van der Waals surface area contributed by atoms with Gasteiger partial charge in [-0.05, 0) is 62.4 Å². The van der Waals surface area contributed by atoms with E-state index in [-0.39, 0.29) is 17.1 Å². The molecule has 7 nitrogen and oxygen atoms in total. The minimum absolute atomic E-state index is 0.00546. The van der Waals surface area contributed by atoms with Crippen molar-refractivity contribution in [2.45, 2.75) is 26.6 Å². The van der Waals surface area contributed by atoms with Gasteiger partial charge < -0.3 is 19.0 Å². The van der Waals surface area contributed by atoms with E-state index >= 15 is 0 Å². The number of aryl methyl sites for hydroxylation is 1. The normalized spacial score (nSPS) is 11.4. The molecule has 4 aromatic rings. The van der Waals surface area contributed by atoms with E-state index in [2.05, 4.69) is 10.3 Å². The van der Waals surface area contributed by atoms with E-state index in [0.717, 1.165) is 23.6 Å². The molecule has 0 aliphatic heterocycles. The molecule has 0 radical (unpaired) electrons. The molecule has 0 saturated carbocycles. The molecule has 0 saturated heterocycles. The van der Waals surface area contributed by atoms with Crippen molar-refractivity contribution in [3.8, 4) is 0 Å². The molecule has 0 atom stereocenters. The molecule has 0 aliphatic carbocycles. The third-order valence-electron chi connectivity index (χ3n) is 5.58. The topological polar surface area (TPSA) is 86.4 Å². The molecule has 0 aliphatic rings. The van der Waals surface area contributed by atoms with Gasteiger partial charge in [-0.25, -0.2) is 9.78 Å². The number of aromatic nitrogens is 2. The summed E-state index contributed by atoms with van der Waals surface area (Å²) in [5, 5.41) is 2.72. The van der Waals surface area contributed by atoms with Gasteiger partial charge in [-0.2, -0.15) is 13.2 Å². The number of carbonyl (C=O) groups excluding carboxylic acids is 2. The molecule has 186 valence electrons. The SMILES string of the molecule is Cc1cc(C(=O)COC(=O)c2cccnc2Nc2cccc(C(F)(F)F)c2)c(C)n1Cc1ccco1. The highest BCUT2D eigenvalue weighted by molar-refractivity contribution is 6.01. The van der Waals surface area contributed by atoms with Gasteiger partial charge in [0.15, 0.2) is 6.61 Å². The molecule has 0 unspecified atom stereocenters. The Kier molecular flexibility index (Phi) is 6.96. The van der Waals surface area contributed by atoms with E-state index in [0.29, 0.717) is 17.8 Å². The molecule has 3 heterocycles. The largest absolute Gasteiger partial charge is 0.467 e. The lowest BCUT2D eigenvalue weighted by Crippen LogP contribution is -2.16. The number of halogens is 3. The predicted octanol–water partition coefficient (Wildman–Crippen LogP) is 5.94. The summed E-state index contributed by atoms with van der Waals surface area (Å²) in [6, 6.07) is 12.7. The number of furan rings is 1. The Morgan fingerprint density at radius 2 is 1.86 bits per heavy atom. The lowest BCUT2D eigenvalue weighted by atomic mass is 10.1. The van der Waals surface area contributed by atoms with Crippen molar-refractivity contribution in [3.05, 3.63) is 101 Å². The first-order chi connectivity index (χ1) is 17.1. The zero-order valence-electron chi connectivity index (χ0n) is 19.4. The fourth-order valence-electron chi connectivity index (χ4n) is 3.75. The molecular weight excluding hydrogens is 475 g/mol. The maximum absolute atomic E-state index is 13.0. The van der Waals surface area contributed by atoms with Gasteiger partial charge >= 0.3 is 12.1 Å². The third kappa shape index (κ3) is 5.48. The minimum atomic E-state index is -4.52. The van der Waals surface area contributed by atoms with E-state index < -0.39 is 30.1 Å². The van der Waals surface area contributed by atoms with Gasteiger partial charge in [0.05, 0.1) is 18.4 Å². The zero-order chi connectivity index (χ0) is 25.9. The molecule has 1 N–H and O–H groups in total. The standard InChI is InChI=1S/C26H22F3N3O4/c1-16-12-22(17(2)32(16)14-20-8-5-11-35-20)23(33)15-36-25(34)21-9-4-10-30-24(21)31-19-7-3-6-18(13-19)26(27,28)29/h3-13H,14-15H2,1-2H3,(H,30,31). The number of anilines is 2. The van der Waals surface area contributed by atoms with Crippen LogP contribution in [0.3, 0.4) is 0 Å². The van der Waals surface area contributed by atoms with Crippen molar-refractivity contribution in [3.63, 3.8) is 0 Å². The zero-order valence-corrected chi connectivity index (χ0v) is 19.4. The molecule has 1 aromatic carbocycles. The van der Waals surface area contributed by atoms with Crippen LogP contribution in [-0.4, -0.2) is 27.9 Å². The van der Waals surface area contributed by atoms with Crippen LogP contribution in [0.2, 0.25) is 0 Å². The lowest BCUT2D eigenvalue weighted by Gasteiger charge is -2.12. The number of nitrogens with zero attached hydrogens (tertiary/aromatic N) is 2. The second-order valence-corrected chi connectivity index (χ2v) is 8.05. The second-order valence-electron chi connectivity index (χ2n) is 8.05. The Labute approximate surface area is 204 Å². The molecule has 36 heavy (non-hydrogen) atoms. The quantitative estimate of drug-likeness (QED) is 0.239. The third-order valence-corrected chi connectivity index (χ3v) is 5.58. The number of benzene rings is 1. The highest BCUT2D eigenvalue weighted by atomic mass is 19.4. The summed E-state index contributed by atoms with van der Waals surface area (Å²) in [7, 11) is 0. The number of Topliss-reactive ketones (excluding diaryl/α,β-unsaturated/α-hetero) is 1. The van der Waals surface area contributed by atoms with Crippen molar-refractivity contribution in [2.75, 3.05) is 11.9 Å². The van der Waals surface area contributed by atoms with Crippen LogP contribution >= 0.6 is 0 Å². The highest BCUT2D eigenvalue weighted by Crippen LogP contribution is 2.31. The van der Waals surface area contributed by atoms with E-state index in [4.69, 9.17) is 9.15 Å². The van der Waals surface area contributed by atoms with E-state index in [1.807, 2.05) is 17.6 Å². The smallest absolute Gasteiger partial charge is 0.416 e. The summed E-state index contributed by atoms with van der Waals surface area (Å²) in [6.07, 6.45) is -1.56. The molecule has 4 rings (SSSR count). The summed E-state index contributed by atoms with van der Waals surface area (Å²) >= 11 is 0. The number of alkyl halides is 3. The number of esters is 1. The number of ketones is 1. The summed E-state index contributed by atoms with van der Waals surface area (Å²) in [6.45, 7) is 3.60. The summed E-state index contributed by atoms with van der Waals surface area (Å²) in [5.41, 5.74) is 1.20. The van der Waals surface area contributed by atoms with Crippen molar-refractivity contribution < 1.29 is 31.9 Å². The first kappa shape index (κ1) is 24.8. The van der Waals surface area contributed by atoms with Gasteiger partial charge in [0.1, 0.15) is 17.1 Å². The van der Waals surface area contributed by atoms with Crippen molar-refractivity contribution in [2.24, 2.45) is 0 Å². The molecule has 0 amide bonds. The summed E-state index contributed by atoms with van der Waals surface area (Å²) in [4.78, 5) is 29.6. The van der Waals surface area contributed by atoms with Gasteiger partial charge in [-0.15, -0.1) is 0 Å². The van der Waals surface area contributed by atoms with Crippen LogP contribution in [0.5, 0.6) is 0 Å². The van der Waals surface area contributed by atoms with E-state index in [9.17, 15) is 22.8 Å². The Bertz CT molecular complexity index is 1390. The van der Waals surface area contributed by atoms with Gasteiger partial charge in [0, 0.05) is 28.8 Å². The number of rotatable bonds is 8. The van der Waals surface area contributed by atoms with Crippen LogP contribution in [0.4, 0.5) is 24.7 Å². The van der Waals surface area contributed by atoms with Gasteiger partial charge in [-0.1, -0.05) is 6.07 Å². The van der Waals surface area contributed by atoms with Gasteiger partial charge in [0.25, 0.3) is 0 Å². The molecule has 0 fully saturated rings. The minimum Gasteiger partial charge on any atom is -0.467 e. The van der Waals surface area contributed by atoms with Crippen LogP contribution < -0.4 is 5.32 Å². The first-order valence-corrected chi connectivity index (χ1v) is 10.9. The van der Waals surface area contributed by atoms with Gasteiger partial charge in [0.2, 0.25) is 5.78 Å². The fourth-order valence-corrected chi connectivity index (χ4v) is 3.75. The average molecular weight is 497 g/mol. The van der Waals surface area contributed by atoms with Crippen LogP contribution in [-0.2, 0) is 17.5 Å². The maximum atomic E-state index is 13.0. The first-order valence-electron chi connectivity index (χ1n) is 10.9. The van der Waals surface area contributed by atoms with Crippen molar-refractivity contribution in [1.82, 2.24) is 9.55 Å². The molecule has 0 bridgehead atoms. The number of hydrogen-bond acceptors (Lipinski definition) is 6. The van der Waals surface area contributed by atoms with Crippen LogP contribution in [0, 0.1) is 13.8 Å². The number of pyridine rings is 1. The lowest BCUT2D eigenvalue weighted by molar-refractivity contribution is -0.137. The molecule has 10 heteroatoms. The van der Waals surface area contributed by atoms with Gasteiger partial charge in [-0.3, -0.25) is 4.79 Å². The predicted molar refractivity (Wildman–Crippen MR) is 125 cm³/mol. The second kappa shape index (κ2) is 10.1. The highest BCUT2D eigenvalue weighted by Gasteiger charge is 2.30. The fraction of sp³-hybridized carbons (Fsp3) is 0.192. The molecule has 3 aromatic heterocycles. The molecule has 0 spiro atoms. The maximum Gasteiger partial charge on any atom is 0.416 e. The van der Waals surface area contributed by atoms with Crippen LogP contribution in [0.25, 0.3) is 0 Å². The summed E-state index contributed by atoms with van der Waals surface area (Å²) in [5.74, 6) is -0.487.